The molecule has 0 unspecified atom stereocenters. The molecule has 0 aliphatic rings. The number of nitrogens with zero attached hydrogens (tertiary/aromatic N) is 2. The molecule has 27 heavy (non-hydrogen) atoms. The summed E-state index contributed by atoms with van der Waals surface area (Å²) in [6, 6.07) is 3.48. The Morgan fingerprint density at radius 3 is 2.59 bits per heavy atom. The molecule has 1 aromatic heterocycles. The van der Waals surface area contributed by atoms with Crippen LogP contribution >= 0.6 is 0 Å². The highest BCUT2D eigenvalue weighted by Gasteiger charge is 2.32. The van der Waals surface area contributed by atoms with Crippen molar-refractivity contribution in [2.24, 2.45) is 5.92 Å². The van der Waals surface area contributed by atoms with Crippen LogP contribution < -0.4 is 5.32 Å². The quantitative estimate of drug-likeness (QED) is 0.685. The number of alkyl halides is 3. The molecule has 2 N–H and O–H groups in total. The lowest BCUT2D eigenvalue weighted by atomic mass is 9.95. The van der Waals surface area contributed by atoms with Crippen LogP contribution in [-0.4, -0.2) is 48.1 Å². The molecule has 5 nitrogen and oxygen atoms in total. The molecule has 0 amide bonds. The number of likely N-dealkylation sites (N-methyl/N-ethyl adjacent to an activating group) is 2. The summed E-state index contributed by atoms with van der Waals surface area (Å²) >= 11 is 0. The van der Waals surface area contributed by atoms with E-state index < -0.39 is 17.7 Å². The van der Waals surface area contributed by atoms with Crippen molar-refractivity contribution < 1.29 is 18.0 Å². The summed E-state index contributed by atoms with van der Waals surface area (Å²) < 4.78 is 40.1. The van der Waals surface area contributed by atoms with E-state index in [1.165, 1.54) is 6.07 Å². The number of ketones is 1. The van der Waals surface area contributed by atoms with Crippen LogP contribution in [0.5, 0.6) is 0 Å². The number of hydrogen-bond donors (Lipinski definition) is 2. The van der Waals surface area contributed by atoms with Crippen molar-refractivity contribution >= 4 is 5.78 Å². The molecule has 148 valence electrons. The Balaban J connectivity index is 2.45. The van der Waals surface area contributed by atoms with E-state index in [0.717, 1.165) is 30.8 Å². The Hall–Kier alpha value is -2.19. The number of nitrogens with one attached hydrogen (secondary N) is 2. The minimum Gasteiger partial charge on any atom is -0.318 e. The van der Waals surface area contributed by atoms with Gasteiger partial charge in [-0.2, -0.15) is 18.3 Å². The molecule has 0 spiro atoms. The Labute approximate surface area is 157 Å². The van der Waals surface area contributed by atoms with Gasteiger partial charge in [0.25, 0.3) is 0 Å². The zero-order valence-electron chi connectivity index (χ0n) is 15.9. The SMILES string of the molecule is CNCCN(C)Cc1cn[nH]c1-c1cc(C(=O)C(C)C)cc(C(F)(F)F)c1. The van der Waals surface area contributed by atoms with E-state index in [1.54, 1.807) is 20.0 Å². The van der Waals surface area contributed by atoms with E-state index in [2.05, 4.69) is 15.5 Å². The average molecular weight is 382 g/mol. The topological polar surface area (TPSA) is 61.0 Å². The Bertz CT molecular complexity index is 784. The standard InChI is InChI=1S/C19H25F3N4O/c1-12(2)18(27)14-7-13(8-16(9-14)19(20,21)22)17-15(10-24-25-17)11-26(4)6-5-23-3/h7-10,12,23H,5-6,11H2,1-4H3,(H,24,25). The van der Waals surface area contributed by atoms with Gasteiger partial charge < -0.3 is 10.2 Å². The molecule has 1 aromatic carbocycles. The highest BCUT2D eigenvalue weighted by Crippen LogP contribution is 2.34. The predicted molar refractivity (Wildman–Crippen MR) is 98.5 cm³/mol. The smallest absolute Gasteiger partial charge is 0.318 e. The second-order valence-electron chi connectivity index (χ2n) is 6.93. The number of Topliss-reactive ketones (excluding diaryl/α,β-unsaturated/α-hetero) is 1. The first kappa shape index (κ1) is 21.1. The van der Waals surface area contributed by atoms with Crippen molar-refractivity contribution in [3.8, 4) is 11.3 Å². The second-order valence-corrected chi connectivity index (χ2v) is 6.93. The lowest BCUT2D eigenvalue weighted by Gasteiger charge is -2.17. The van der Waals surface area contributed by atoms with Crippen molar-refractivity contribution in [2.45, 2.75) is 26.6 Å². The fraction of sp³-hybridized carbons (Fsp3) is 0.474. The van der Waals surface area contributed by atoms with Gasteiger partial charge in [-0.05, 0) is 32.3 Å². The van der Waals surface area contributed by atoms with Gasteiger partial charge in [-0.15, -0.1) is 0 Å². The predicted octanol–water partition coefficient (Wildman–Crippen LogP) is 3.59. The number of carbonyl (C=O) groups excluding carboxylic acids is 1. The van der Waals surface area contributed by atoms with Gasteiger partial charge in [-0.1, -0.05) is 13.8 Å². The lowest BCUT2D eigenvalue weighted by Crippen LogP contribution is -2.27. The van der Waals surface area contributed by atoms with E-state index in [9.17, 15) is 18.0 Å². The van der Waals surface area contributed by atoms with Crippen LogP contribution in [0.3, 0.4) is 0 Å². The number of aromatic amines is 1. The number of hydrogen-bond acceptors (Lipinski definition) is 4. The summed E-state index contributed by atoms with van der Waals surface area (Å²) in [7, 11) is 3.78. The molecule has 0 saturated carbocycles. The molecule has 1 heterocycles. The first-order chi connectivity index (χ1) is 12.6. The van der Waals surface area contributed by atoms with Gasteiger partial charge in [-0.25, -0.2) is 0 Å². The van der Waals surface area contributed by atoms with Gasteiger partial charge in [0.05, 0.1) is 17.5 Å². The van der Waals surface area contributed by atoms with Crippen molar-refractivity contribution in [2.75, 3.05) is 27.2 Å². The van der Waals surface area contributed by atoms with Crippen LogP contribution in [0.25, 0.3) is 11.3 Å². The van der Waals surface area contributed by atoms with Crippen LogP contribution in [0.1, 0.15) is 35.3 Å². The Kier molecular flexibility index (Phi) is 6.78. The van der Waals surface area contributed by atoms with Gasteiger partial charge in [0.15, 0.2) is 5.78 Å². The maximum Gasteiger partial charge on any atom is 0.416 e. The van der Waals surface area contributed by atoms with Gasteiger partial charge >= 0.3 is 6.18 Å². The van der Waals surface area contributed by atoms with Gasteiger partial charge in [-0.3, -0.25) is 9.89 Å². The number of rotatable bonds is 8. The molecule has 8 heteroatoms. The molecule has 0 bridgehead atoms. The minimum absolute atomic E-state index is 0.0545. The average Bonchev–Trinajstić information content (AvgIpc) is 3.06. The molecule has 0 aliphatic heterocycles. The molecular weight excluding hydrogens is 357 g/mol. The van der Waals surface area contributed by atoms with Gasteiger partial charge in [0, 0.05) is 42.2 Å². The van der Waals surface area contributed by atoms with Crippen LogP contribution in [0.4, 0.5) is 13.2 Å². The summed E-state index contributed by atoms with van der Waals surface area (Å²) in [6.45, 7) is 5.43. The van der Waals surface area contributed by atoms with Crippen molar-refractivity contribution in [3.05, 3.63) is 41.1 Å². The Morgan fingerprint density at radius 2 is 2.00 bits per heavy atom. The molecule has 0 saturated heterocycles. The highest BCUT2D eigenvalue weighted by atomic mass is 19.4. The third-order valence-corrected chi connectivity index (χ3v) is 4.26. The van der Waals surface area contributed by atoms with E-state index in [4.69, 9.17) is 0 Å². The van der Waals surface area contributed by atoms with Gasteiger partial charge in [0.2, 0.25) is 0 Å². The number of halogens is 3. The molecule has 0 aliphatic carbocycles. The summed E-state index contributed by atoms with van der Waals surface area (Å²) in [6.07, 6.45) is -2.93. The Morgan fingerprint density at radius 1 is 1.30 bits per heavy atom. The number of H-pyrrole nitrogens is 1. The monoisotopic (exact) mass is 382 g/mol. The van der Waals surface area contributed by atoms with Gasteiger partial charge in [0.1, 0.15) is 0 Å². The minimum atomic E-state index is -4.54. The fourth-order valence-electron chi connectivity index (χ4n) is 2.76. The van der Waals surface area contributed by atoms with Crippen molar-refractivity contribution in [3.63, 3.8) is 0 Å². The summed E-state index contributed by atoms with van der Waals surface area (Å²) in [5.41, 5.74) is 0.793. The summed E-state index contributed by atoms with van der Waals surface area (Å²) in [5, 5.41) is 9.84. The number of benzene rings is 1. The van der Waals surface area contributed by atoms with Crippen molar-refractivity contribution in [1.82, 2.24) is 20.4 Å². The van der Waals surface area contributed by atoms with E-state index in [0.29, 0.717) is 17.8 Å². The normalized spacial score (nSPS) is 12.2. The second kappa shape index (κ2) is 8.67. The van der Waals surface area contributed by atoms with Crippen LogP contribution in [0, 0.1) is 5.92 Å². The zero-order valence-corrected chi connectivity index (χ0v) is 15.9. The maximum atomic E-state index is 13.4. The van der Waals surface area contributed by atoms with E-state index >= 15 is 0 Å². The molecule has 0 atom stereocenters. The van der Waals surface area contributed by atoms with E-state index in [1.807, 2.05) is 19.0 Å². The molecule has 2 rings (SSSR count). The zero-order chi connectivity index (χ0) is 20.2. The third kappa shape index (κ3) is 5.40. The fourth-order valence-corrected chi connectivity index (χ4v) is 2.76. The largest absolute Gasteiger partial charge is 0.416 e. The van der Waals surface area contributed by atoms with Crippen molar-refractivity contribution in [1.29, 1.82) is 0 Å². The molecule has 2 aromatic rings. The van der Waals surface area contributed by atoms with Crippen LogP contribution in [0.15, 0.2) is 24.4 Å². The molecular formula is C19H25F3N4O. The summed E-state index contributed by atoms with van der Waals surface area (Å²) in [4.78, 5) is 14.4. The highest BCUT2D eigenvalue weighted by molar-refractivity contribution is 5.98. The third-order valence-electron chi connectivity index (χ3n) is 4.26. The first-order valence-corrected chi connectivity index (χ1v) is 8.75. The number of carbonyl (C=O) groups is 1. The maximum absolute atomic E-state index is 13.4. The lowest BCUT2D eigenvalue weighted by molar-refractivity contribution is -0.137. The summed E-state index contributed by atoms with van der Waals surface area (Å²) in [5.74, 6) is -0.718. The van der Waals surface area contributed by atoms with E-state index in [-0.39, 0.29) is 11.3 Å². The number of aromatic nitrogens is 2. The molecule has 0 radical (unpaired) electrons. The van der Waals surface area contributed by atoms with Crippen LogP contribution in [0.2, 0.25) is 0 Å². The van der Waals surface area contributed by atoms with Crippen LogP contribution in [-0.2, 0) is 12.7 Å². The molecule has 0 fully saturated rings. The first-order valence-electron chi connectivity index (χ1n) is 8.75.